The number of carboxylic acids is 1. The number of amides is 1. The van der Waals surface area contributed by atoms with Crippen LogP contribution in [0.2, 0.25) is 0 Å². The standard InChI is InChI=1S/C14H19NO4/c1-14(2,9-16)8-15-12(17)7-10-5-3-4-6-11(10)13(18)19/h3-6,16H,7-9H2,1-2H3,(H,15,17)(H,18,19). The van der Waals surface area contributed by atoms with Gasteiger partial charge in [-0.1, -0.05) is 32.0 Å². The number of rotatable bonds is 6. The lowest BCUT2D eigenvalue weighted by molar-refractivity contribution is -0.121. The van der Waals surface area contributed by atoms with Crippen LogP contribution in [0.5, 0.6) is 0 Å². The van der Waals surface area contributed by atoms with Crippen LogP contribution in [0.3, 0.4) is 0 Å². The first-order chi connectivity index (χ1) is 8.85. The van der Waals surface area contributed by atoms with Gasteiger partial charge in [-0.15, -0.1) is 0 Å². The molecule has 3 N–H and O–H groups in total. The number of benzene rings is 1. The predicted octanol–water partition coefficient (Wildman–Crippen LogP) is 1.06. The molecule has 0 aromatic heterocycles. The highest BCUT2D eigenvalue weighted by Crippen LogP contribution is 2.12. The molecule has 104 valence electrons. The highest BCUT2D eigenvalue weighted by molar-refractivity contribution is 5.91. The number of carboxylic acid groups (broad SMARTS) is 1. The molecule has 5 nitrogen and oxygen atoms in total. The quantitative estimate of drug-likeness (QED) is 0.718. The number of carbonyl (C=O) groups is 2. The maximum atomic E-state index is 11.8. The van der Waals surface area contributed by atoms with Gasteiger partial charge in [-0.25, -0.2) is 4.79 Å². The second-order valence-corrected chi connectivity index (χ2v) is 5.24. The predicted molar refractivity (Wildman–Crippen MR) is 71.0 cm³/mol. The molecule has 0 heterocycles. The minimum atomic E-state index is -1.04. The van der Waals surface area contributed by atoms with E-state index in [4.69, 9.17) is 10.2 Å². The van der Waals surface area contributed by atoms with E-state index in [0.29, 0.717) is 12.1 Å². The summed E-state index contributed by atoms with van der Waals surface area (Å²) in [7, 11) is 0. The van der Waals surface area contributed by atoms with E-state index in [0.717, 1.165) is 0 Å². The summed E-state index contributed by atoms with van der Waals surface area (Å²) in [6, 6.07) is 6.43. The zero-order valence-corrected chi connectivity index (χ0v) is 11.1. The summed E-state index contributed by atoms with van der Waals surface area (Å²) in [4.78, 5) is 22.8. The Balaban J connectivity index is 2.65. The van der Waals surface area contributed by atoms with E-state index in [1.54, 1.807) is 18.2 Å². The van der Waals surface area contributed by atoms with Crippen molar-refractivity contribution in [3.05, 3.63) is 35.4 Å². The number of carbonyl (C=O) groups excluding carboxylic acids is 1. The van der Waals surface area contributed by atoms with Crippen molar-refractivity contribution >= 4 is 11.9 Å². The van der Waals surface area contributed by atoms with Crippen LogP contribution in [-0.2, 0) is 11.2 Å². The molecule has 0 aliphatic rings. The molecule has 0 saturated carbocycles. The summed E-state index contributed by atoms with van der Waals surface area (Å²) < 4.78 is 0. The molecule has 0 spiro atoms. The topological polar surface area (TPSA) is 86.6 Å². The molecule has 1 aromatic carbocycles. The van der Waals surface area contributed by atoms with Crippen LogP contribution < -0.4 is 5.32 Å². The van der Waals surface area contributed by atoms with Crippen LogP contribution in [0.4, 0.5) is 0 Å². The van der Waals surface area contributed by atoms with Crippen LogP contribution >= 0.6 is 0 Å². The van der Waals surface area contributed by atoms with Gasteiger partial charge in [0.15, 0.2) is 0 Å². The molecular weight excluding hydrogens is 246 g/mol. The van der Waals surface area contributed by atoms with E-state index in [1.165, 1.54) is 6.07 Å². The lowest BCUT2D eigenvalue weighted by Gasteiger charge is -2.21. The molecule has 0 fully saturated rings. The van der Waals surface area contributed by atoms with E-state index < -0.39 is 5.97 Å². The van der Waals surface area contributed by atoms with Crippen molar-refractivity contribution in [1.82, 2.24) is 5.32 Å². The maximum absolute atomic E-state index is 11.8. The number of hydrogen-bond acceptors (Lipinski definition) is 3. The third kappa shape index (κ3) is 4.71. The van der Waals surface area contributed by atoms with Crippen molar-refractivity contribution in [3.8, 4) is 0 Å². The molecule has 0 unspecified atom stereocenters. The van der Waals surface area contributed by atoms with Crippen LogP contribution in [-0.4, -0.2) is 35.2 Å². The summed E-state index contributed by atoms with van der Waals surface area (Å²) >= 11 is 0. The van der Waals surface area contributed by atoms with E-state index >= 15 is 0 Å². The van der Waals surface area contributed by atoms with Crippen LogP contribution in [0, 0.1) is 5.41 Å². The summed E-state index contributed by atoms with van der Waals surface area (Å²) in [6.07, 6.45) is 0.0178. The van der Waals surface area contributed by atoms with E-state index in [2.05, 4.69) is 5.32 Å². The van der Waals surface area contributed by atoms with Crippen molar-refractivity contribution in [1.29, 1.82) is 0 Å². The average molecular weight is 265 g/mol. The highest BCUT2D eigenvalue weighted by atomic mass is 16.4. The third-order valence-electron chi connectivity index (χ3n) is 2.79. The van der Waals surface area contributed by atoms with Gasteiger partial charge in [0.1, 0.15) is 0 Å². The zero-order chi connectivity index (χ0) is 14.5. The summed E-state index contributed by atoms with van der Waals surface area (Å²) in [6.45, 7) is 3.98. The monoisotopic (exact) mass is 265 g/mol. The van der Waals surface area contributed by atoms with E-state index in [-0.39, 0.29) is 29.9 Å². The van der Waals surface area contributed by atoms with Gasteiger partial charge in [0, 0.05) is 18.6 Å². The number of hydrogen-bond donors (Lipinski definition) is 3. The Morgan fingerprint density at radius 3 is 2.47 bits per heavy atom. The molecule has 19 heavy (non-hydrogen) atoms. The third-order valence-corrected chi connectivity index (χ3v) is 2.79. The van der Waals surface area contributed by atoms with Gasteiger partial charge in [0.05, 0.1) is 12.0 Å². The first kappa shape index (κ1) is 15.2. The van der Waals surface area contributed by atoms with Gasteiger partial charge < -0.3 is 15.5 Å². The van der Waals surface area contributed by atoms with Crippen molar-refractivity contribution in [2.45, 2.75) is 20.3 Å². The Labute approximate surface area is 112 Å². The minimum Gasteiger partial charge on any atom is -0.478 e. The highest BCUT2D eigenvalue weighted by Gasteiger charge is 2.18. The van der Waals surface area contributed by atoms with Gasteiger partial charge in [-0.05, 0) is 11.6 Å². The van der Waals surface area contributed by atoms with Crippen LogP contribution in [0.25, 0.3) is 0 Å². The number of aromatic carboxylic acids is 1. The maximum Gasteiger partial charge on any atom is 0.335 e. The summed E-state index contributed by atoms with van der Waals surface area (Å²) in [5.74, 6) is -1.30. The largest absolute Gasteiger partial charge is 0.478 e. The lowest BCUT2D eigenvalue weighted by Crippen LogP contribution is -2.37. The second-order valence-electron chi connectivity index (χ2n) is 5.24. The Bertz CT molecular complexity index is 468. The fourth-order valence-corrected chi connectivity index (χ4v) is 1.51. The molecule has 0 bridgehead atoms. The molecule has 0 radical (unpaired) electrons. The number of nitrogens with one attached hydrogen (secondary N) is 1. The Hall–Kier alpha value is -1.88. The smallest absolute Gasteiger partial charge is 0.335 e. The first-order valence-electron chi connectivity index (χ1n) is 6.04. The second kappa shape index (κ2) is 6.33. The molecule has 0 atom stereocenters. The minimum absolute atomic E-state index is 0.0178. The van der Waals surface area contributed by atoms with Crippen molar-refractivity contribution in [2.75, 3.05) is 13.2 Å². The summed E-state index contributed by atoms with van der Waals surface area (Å²) in [5.41, 5.74) is 0.232. The van der Waals surface area contributed by atoms with E-state index in [9.17, 15) is 9.59 Å². The Morgan fingerprint density at radius 2 is 1.89 bits per heavy atom. The number of aliphatic hydroxyl groups is 1. The lowest BCUT2D eigenvalue weighted by atomic mass is 9.95. The number of aliphatic hydroxyl groups excluding tert-OH is 1. The molecule has 0 aliphatic carbocycles. The summed E-state index contributed by atoms with van der Waals surface area (Å²) in [5, 5.41) is 20.8. The molecule has 1 aromatic rings. The van der Waals surface area contributed by atoms with Crippen molar-refractivity contribution < 1.29 is 19.8 Å². The first-order valence-corrected chi connectivity index (χ1v) is 6.04. The molecular formula is C14H19NO4. The van der Waals surface area contributed by atoms with Crippen LogP contribution in [0.15, 0.2) is 24.3 Å². The molecule has 0 aliphatic heterocycles. The van der Waals surface area contributed by atoms with Crippen LogP contribution in [0.1, 0.15) is 29.8 Å². The molecule has 1 amide bonds. The Morgan fingerprint density at radius 1 is 1.26 bits per heavy atom. The van der Waals surface area contributed by atoms with Crippen molar-refractivity contribution in [3.63, 3.8) is 0 Å². The average Bonchev–Trinajstić information content (AvgIpc) is 2.37. The van der Waals surface area contributed by atoms with Gasteiger partial charge in [0.2, 0.25) is 5.91 Å². The van der Waals surface area contributed by atoms with Gasteiger partial charge in [-0.2, -0.15) is 0 Å². The fourth-order valence-electron chi connectivity index (χ4n) is 1.51. The Kier molecular flexibility index (Phi) is 5.06. The van der Waals surface area contributed by atoms with Gasteiger partial charge in [-0.3, -0.25) is 4.79 Å². The zero-order valence-electron chi connectivity index (χ0n) is 11.1. The SMILES string of the molecule is CC(C)(CO)CNC(=O)Cc1ccccc1C(=O)O. The normalized spacial score (nSPS) is 11.1. The molecule has 1 rings (SSSR count). The van der Waals surface area contributed by atoms with E-state index in [1.807, 2.05) is 13.8 Å². The van der Waals surface area contributed by atoms with Crippen molar-refractivity contribution in [2.24, 2.45) is 5.41 Å². The van der Waals surface area contributed by atoms with Gasteiger partial charge >= 0.3 is 5.97 Å². The fraction of sp³-hybridized carbons (Fsp3) is 0.429. The molecule has 0 saturated heterocycles. The molecule has 5 heteroatoms. The van der Waals surface area contributed by atoms with Gasteiger partial charge in [0.25, 0.3) is 0 Å².